The number of hydrogen-bond acceptors (Lipinski definition) is 3. The number of aryl methyl sites for hydroxylation is 2. The van der Waals surface area contributed by atoms with Crippen LogP contribution in [0.3, 0.4) is 0 Å². The smallest absolute Gasteiger partial charge is 0.243 e. The van der Waals surface area contributed by atoms with Gasteiger partial charge >= 0.3 is 0 Å². The van der Waals surface area contributed by atoms with Gasteiger partial charge in [-0.05, 0) is 37.1 Å². The number of carbonyl (C=O) groups is 1. The Morgan fingerprint density at radius 1 is 1.32 bits per heavy atom. The van der Waals surface area contributed by atoms with Crippen molar-refractivity contribution in [2.75, 3.05) is 13.1 Å². The number of nitrogens with two attached hydrogens (primary N) is 1. The molecule has 0 aliphatic rings. The van der Waals surface area contributed by atoms with Crippen LogP contribution >= 0.6 is 15.9 Å². The van der Waals surface area contributed by atoms with E-state index in [4.69, 9.17) is 5.73 Å². The molecule has 0 fully saturated rings. The Bertz CT molecular complexity index is 599. The van der Waals surface area contributed by atoms with Gasteiger partial charge in [-0.3, -0.25) is 4.79 Å². The first-order valence-corrected chi connectivity index (χ1v) is 7.98. The second-order valence-corrected chi connectivity index (χ2v) is 7.03. The average molecular weight is 349 g/mol. The van der Waals surface area contributed by atoms with E-state index < -0.39 is 15.9 Å². The highest BCUT2D eigenvalue weighted by molar-refractivity contribution is 9.10. The van der Waals surface area contributed by atoms with Crippen LogP contribution in [-0.4, -0.2) is 31.7 Å². The van der Waals surface area contributed by atoms with Gasteiger partial charge in [0.25, 0.3) is 0 Å². The van der Waals surface area contributed by atoms with Gasteiger partial charge in [0.1, 0.15) is 0 Å². The molecular formula is C12H17BrN2O3S. The molecule has 0 unspecified atom stereocenters. The summed E-state index contributed by atoms with van der Waals surface area (Å²) in [5, 5.41) is 0. The molecule has 19 heavy (non-hydrogen) atoms. The van der Waals surface area contributed by atoms with Gasteiger partial charge < -0.3 is 5.73 Å². The Morgan fingerprint density at radius 2 is 1.89 bits per heavy atom. The van der Waals surface area contributed by atoms with Crippen LogP contribution in [0.4, 0.5) is 0 Å². The van der Waals surface area contributed by atoms with Gasteiger partial charge in [0.2, 0.25) is 15.9 Å². The Kier molecular flexibility index (Phi) is 5.11. The van der Waals surface area contributed by atoms with Crippen molar-refractivity contribution in [3.8, 4) is 0 Å². The lowest BCUT2D eigenvalue weighted by Gasteiger charge is -2.20. The molecular weight excluding hydrogens is 332 g/mol. The SMILES string of the molecule is CCN(CC(N)=O)S(=O)(=O)c1cc(C)c(Br)cc1C. The molecule has 0 atom stereocenters. The molecule has 1 aromatic rings. The number of carbonyl (C=O) groups excluding carboxylic acids is 1. The van der Waals surface area contributed by atoms with Crippen LogP contribution < -0.4 is 5.73 Å². The number of primary amides is 1. The van der Waals surface area contributed by atoms with E-state index in [0.717, 1.165) is 14.3 Å². The Balaban J connectivity index is 3.33. The van der Waals surface area contributed by atoms with Crippen molar-refractivity contribution < 1.29 is 13.2 Å². The van der Waals surface area contributed by atoms with Crippen LogP contribution in [0.15, 0.2) is 21.5 Å². The molecule has 1 amide bonds. The number of likely N-dealkylation sites (N-methyl/N-ethyl adjacent to an activating group) is 1. The summed E-state index contributed by atoms with van der Waals surface area (Å²) in [7, 11) is -3.70. The van der Waals surface area contributed by atoms with Crippen LogP contribution in [0.1, 0.15) is 18.1 Å². The number of amides is 1. The van der Waals surface area contributed by atoms with E-state index in [1.807, 2.05) is 6.92 Å². The Hall–Kier alpha value is -0.920. The third-order valence-corrected chi connectivity index (χ3v) is 5.68. The lowest BCUT2D eigenvalue weighted by atomic mass is 10.2. The van der Waals surface area contributed by atoms with Crippen molar-refractivity contribution in [3.05, 3.63) is 27.7 Å². The molecule has 106 valence electrons. The van der Waals surface area contributed by atoms with Crippen molar-refractivity contribution >= 4 is 31.9 Å². The maximum Gasteiger partial charge on any atom is 0.243 e. The molecule has 2 N–H and O–H groups in total. The van der Waals surface area contributed by atoms with Crippen molar-refractivity contribution in [1.29, 1.82) is 0 Å². The molecule has 0 heterocycles. The summed E-state index contributed by atoms with van der Waals surface area (Å²) in [6.07, 6.45) is 0. The Morgan fingerprint density at radius 3 is 2.37 bits per heavy atom. The van der Waals surface area contributed by atoms with E-state index in [2.05, 4.69) is 15.9 Å². The number of benzene rings is 1. The highest BCUT2D eigenvalue weighted by atomic mass is 79.9. The summed E-state index contributed by atoms with van der Waals surface area (Å²) >= 11 is 3.36. The van der Waals surface area contributed by atoms with Crippen molar-refractivity contribution in [2.45, 2.75) is 25.7 Å². The molecule has 0 aliphatic heterocycles. The third-order valence-electron chi connectivity index (χ3n) is 2.76. The molecule has 1 rings (SSSR count). The molecule has 0 aliphatic carbocycles. The van der Waals surface area contributed by atoms with Crippen LogP contribution in [0.5, 0.6) is 0 Å². The van der Waals surface area contributed by atoms with Crippen molar-refractivity contribution in [1.82, 2.24) is 4.31 Å². The molecule has 0 saturated heterocycles. The zero-order valence-electron chi connectivity index (χ0n) is 11.1. The maximum absolute atomic E-state index is 12.5. The first-order valence-electron chi connectivity index (χ1n) is 5.75. The minimum absolute atomic E-state index is 0.194. The normalized spacial score (nSPS) is 11.8. The first-order chi connectivity index (χ1) is 8.70. The summed E-state index contributed by atoms with van der Waals surface area (Å²) in [6, 6.07) is 3.35. The largest absolute Gasteiger partial charge is 0.369 e. The summed E-state index contributed by atoms with van der Waals surface area (Å²) in [4.78, 5) is 11.2. The van der Waals surface area contributed by atoms with Gasteiger partial charge in [-0.2, -0.15) is 4.31 Å². The zero-order chi connectivity index (χ0) is 14.8. The molecule has 5 nitrogen and oxygen atoms in total. The minimum atomic E-state index is -3.70. The van der Waals surface area contributed by atoms with Crippen LogP contribution in [0.2, 0.25) is 0 Å². The minimum Gasteiger partial charge on any atom is -0.369 e. The summed E-state index contributed by atoms with van der Waals surface area (Å²) in [5.41, 5.74) is 6.53. The number of nitrogens with zero attached hydrogens (tertiary/aromatic N) is 1. The average Bonchev–Trinajstić information content (AvgIpc) is 2.30. The number of rotatable bonds is 5. The van der Waals surface area contributed by atoms with Gasteiger partial charge in [-0.25, -0.2) is 8.42 Å². The molecule has 0 spiro atoms. The first kappa shape index (κ1) is 16.1. The van der Waals surface area contributed by atoms with E-state index in [1.165, 1.54) is 0 Å². The lowest BCUT2D eigenvalue weighted by Crippen LogP contribution is -2.38. The van der Waals surface area contributed by atoms with Crippen molar-refractivity contribution in [2.24, 2.45) is 5.73 Å². The number of halogens is 1. The van der Waals surface area contributed by atoms with E-state index in [9.17, 15) is 13.2 Å². The quantitative estimate of drug-likeness (QED) is 0.876. The summed E-state index contributed by atoms with van der Waals surface area (Å²) in [5.74, 6) is -0.670. The highest BCUT2D eigenvalue weighted by Crippen LogP contribution is 2.26. The fourth-order valence-electron chi connectivity index (χ4n) is 1.71. The molecule has 0 bridgehead atoms. The second kappa shape index (κ2) is 6.02. The lowest BCUT2D eigenvalue weighted by molar-refractivity contribution is -0.118. The predicted molar refractivity (Wildman–Crippen MR) is 77.2 cm³/mol. The number of hydrogen-bond donors (Lipinski definition) is 1. The van der Waals surface area contributed by atoms with E-state index in [0.29, 0.717) is 5.56 Å². The van der Waals surface area contributed by atoms with Gasteiger partial charge in [-0.15, -0.1) is 0 Å². The topological polar surface area (TPSA) is 80.5 Å². The summed E-state index contributed by atoms with van der Waals surface area (Å²) in [6.45, 7) is 5.08. The van der Waals surface area contributed by atoms with Gasteiger partial charge in [0, 0.05) is 11.0 Å². The third kappa shape index (κ3) is 3.55. The van der Waals surface area contributed by atoms with Crippen molar-refractivity contribution in [3.63, 3.8) is 0 Å². The molecule has 0 saturated carbocycles. The zero-order valence-corrected chi connectivity index (χ0v) is 13.5. The maximum atomic E-state index is 12.5. The van der Waals surface area contributed by atoms with Crippen LogP contribution in [0, 0.1) is 13.8 Å². The molecule has 0 aromatic heterocycles. The number of sulfonamides is 1. The highest BCUT2D eigenvalue weighted by Gasteiger charge is 2.26. The van der Waals surface area contributed by atoms with Gasteiger partial charge in [-0.1, -0.05) is 22.9 Å². The van der Waals surface area contributed by atoms with Crippen LogP contribution in [-0.2, 0) is 14.8 Å². The molecule has 7 heteroatoms. The fraction of sp³-hybridized carbons (Fsp3) is 0.417. The molecule has 0 radical (unpaired) electrons. The Labute approximate surface area is 122 Å². The van der Waals surface area contributed by atoms with E-state index in [-0.39, 0.29) is 18.0 Å². The van der Waals surface area contributed by atoms with E-state index in [1.54, 1.807) is 26.0 Å². The fourth-order valence-corrected chi connectivity index (χ4v) is 3.88. The molecule has 1 aromatic carbocycles. The monoisotopic (exact) mass is 348 g/mol. The standard InChI is InChI=1S/C12H17BrN2O3S/c1-4-15(7-12(14)16)19(17,18)11-6-8(2)10(13)5-9(11)3/h5-6H,4,7H2,1-3H3,(H2,14,16). The van der Waals surface area contributed by atoms with Gasteiger partial charge in [0.05, 0.1) is 11.4 Å². The second-order valence-electron chi connectivity index (χ2n) is 4.26. The predicted octanol–water partition coefficient (Wildman–Crippen LogP) is 1.56. The van der Waals surface area contributed by atoms with Gasteiger partial charge in [0.15, 0.2) is 0 Å². The summed E-state index contributed by atoms with van der Waals surface area (Å²) < 4.78 is 26.9. The van der Waals surface area contributed by atoms with E-state index >= 15 is 0 Å². The van der Waals surface area contributed by atoms with Crippen LogP contribution in [0.25, 0.3) is 0 Å².